The van der Waals surface area contributed by atoms with Crippen molar-refractivity contribution in [2.45, 2.75) is 25.7 Å². The molecule has 0 radical (unpaired) electrons. The van der Waals surface area contributed by atoms with E-state index in [1.165, 1.54) is 11.1 Å². The van der Waals surface area contributed by atoms with Crippen molar-refractivity contribution in [1.82, 2.24) is 0 Å². The minimum atomic E-state index is -0.688. The van der Waals surface area contributed by atoms with Gasteiger partial charge >= 0.3 is 0 Å². The summed E-state index contributed by atoms with van der Waals surface area (Å²) in [5, 5.41) is 20.4. The highest BCUT2D eigenvalue weighted by Gasteiger charge is 2.31. The predicted molar refractivity (Wildman–Crippen MR) is 86.9 cm³/mol. The summed E-state index contributed by atoms with van der Waals surface area (Å²) in [7, 11) is 0. The Bertz CT molecular complexity index is 601. The molecule has 0 bridgehead atoms. The van der Waals surface area contributed by atoms with Gasteiger partial charge in [0, 0.05) is 10.4 Å². The molecule has 2 N–H and O–H groups in total. The van der Waals surface area contributed by atoms with Crippen LogP contribution in [-0.2, 0) is 11.8 Å². The third kappa shape index (κ3) is 3.46. The highest BCUT2D eigenvalue weighted by atomic mass is 35.5. The van der Waals surface area contributed by atoms with Crippen LogP contribution in [-0.4, -0.2) is 23.4 Å². The van der Waals surface area contributed by atoms with E-state index in [-0.39, 0.29) is 13.2 Å². The second kappa shape index (κ2) is 6.61. The van der Waals surface area contributed by atoms with Crippen molar-refractivity contribution >= 4 is 11.6 Å². The Hall–Kier alpha value is -1.35. The van der Waals surface area contributed by atoms with Gasteiger partial charge in [-0.25, -0.2) is 0 Å². The zero-order valence-corrected chi connectivity index (χ0v) is 13.2. The predicted octanol–water partition coefficient (Wildman–Crippen LogP) is 3.42. The Morgan fingerprint density at radius 1 is 0.905 bits per heavy atom. The van der Waals surface area contributed by atoms with Gasteiger partial charge in [0.1, 0.15) is 0 Å². The van der Waals surface area contributed by atoms with Crippen molar-refractivity contribution in [1.29, 1.82) is 0 Å². The lowest BCUT2D eigenvalue weighted by molar-refractivity contribution is 0.116. The van der Waals surface area contributed by atoms with Crippen LogP contribution in [0.2, 0.25) is 5.02 Å². The fourth-order valence-electron chi connectivity index (χ4n) is 2.55. The quantitative estimate of drug-likeness (QED) is 0.888. The highest BCUT2D eigenvalue weighted by Crippen LogP contribution is 2.29. The molecule has 112 valence electrons. The van der Waals surface area contributed by atoms with Gasteiger partial charge in [-0.1, -0.05) is 41.9 Å². The van der Waals surface area contributed by atoms with Gasteiger partial charge in [0.15, 0.2) is 0 Å². The van der Waals surface area contributed by atoms with Crippen molar-refractivity contribution in [3.8, 4) is 0 Å². The number of aliphatic hydroxyl groups is 2. The van der Waals surface area contributed by atoms with E-state index < -0.39 is 5.41 Å². The van der Waals surface area contributed by atoms with E-state index >= 15 is 0 Å². The summed E-state index contributed by atoms with van der Waals surface area (Å²) >= 11 is 5.92. The van der Waals surface area contributed by atoms with Crippen LogP contribution in [0.1, 0.15) is 22.3 Å². The normalized spacial score (nSPS) is 11.7. The minimum absolute atomic E-state index is 0.113. The largest absolute Gasteiger partial charge is 0.395 e. The Morgan fingerprint density at radius 3 is 2.05 bits per heavy atom. The molecule has 0 fully saturated rings. The number of aliphatic hydroxyl groups excluding tert-OH is 2. The first-order valence-corrected chi connectivity index (χ1v) is 7.42. The molecule has 0 unspecified atom stereocenters. The molecule has 0 amide bonds. The lowest BCUT2D eigenvalue weighted by Crippen LogP contribution is -2.37. The first-order chi connectivity index (χ1) is 10.0. The van der Waals surface area contributed by atoms with E-state index in [0.29, 0.717) is 11.4 Å². The summed E-state index contributed by atoms with van der Waals surface area (Å²) in [4.78, 5) is 0. The van der Waals surface area contributed by atoms with Crippen molar-refractivity contribution in [2.75, 3.05) is 13.2 Å². The van der Waals surface area contributed by atoms with Gasteiger partial charge in [-0.3, -0.25) is 0 Å². The van der Waals surface area contributed by atoms with Gasteiger partial charge in [0.05, 0.1) is 13.2 Å². The minimum Gasteiger partial charge on any atom is -0.395 e. The van der Waals surface area contributed by atoms with Crippen LogP contribution in [0.15, 0.2) is 42.5 Å². The number of hydrogen-bond donors (Lipinski definition) is 2. The second-order valence-electron chi connectivity index (χ2n) is 5.70. The third-order valence-corrected chi connectivity index (χ3v) is 4.43. The molecule has 2 nitrogen and oxygen atoms in total. The SMILES string of the molecule is Cc1ccc(CC(CO)(CO)c2ccc(Cl)cc2)cc1C. The average molecular weight is 305 g/mol. The topological polar surface area (TPSA) is 40.5 Å². The summed E-state index contributed by atoms with van der Waals surface area (Å²) in [6.45, 7) is 3.92. The molecule has 0 aliphatic heterocycles. The van der Waals surface area contributed by atoms with Gasteiger partial charge in [0.25, 0.3) is 0 Å². The molecule has 0 spiro atoms. The summed E-state index contributed by atoms with van der Waals surface area (Å²) in [6.07, 6.45) is 0.586. The molecule has 0 heterocycles. The molecule has 0 atom stereocenters. The fourth-order valence-corrected chi connectivity index (χ4v) is 2.68. The maximum Gasteiger partial charge on any atom is 0.0553 e. The number of aryl methyl sites for hydroxylation is 2. The summed E-state index contributed by atoms with van der Waals surface area (Å²) in [5.74, 6) is 0. The average Bonchev–Trinajstić information content (AvgIpc) is 2.49. The van der Waals surface area contributed by atoms with Gasteiger partial charge in [0.2, 0.25) is 0 Å². The molecule has 21 heavy (non-hydrogen) atoms. The van der Waals surface area contributed by atoms with Gasteiger partial charge in [-0.05, 0) is 54.7 Å². The summed E-state index contributed by atoms with van der Waals surface area (Å²) in [6, 6.07) is 13.6. The molecule has 0 aliphatic rings. The van der Waals surface area contributed by atoms with Crippen LogP contribution in [0, 0.1) is 13.8 Å². The molecule has 2 aromatic carbocycles. The molecule has 2 aromatic rings. The standard InChI is InChI=1S/C18H21ClO2/c1-13-3-4-15(9-14(13)2)10-18(11-20,12-21)16-5-7-17(19)8-6-16/h3-9,20-21H,10-12H2,1-2H3. The van der Waals surface area contributed by atoms with Crippen LogP contribution in [0.3, 0.4) is 0 Å². The van der Waals surface area contributed by atoms with Crippen LogP contribution in [0.5, 0.6) is 0 Å². The fraction of sp³-hybridized carbons (Fsp3) is 0.333. The number of rotatable bonds is 5. The van der Waals surface area contributed by atoms with E-state index in [4.69, 9.17) is 11.6 Å². The van der Waals surface area contributed by atoms with Crippen LogP contribution in [0.4, 0.5) is 0 Å². The zero-order valence-electron chi connectivity index (χ0n) is 12.4. The van der Waals surface area contributed by atoms with Crippen molar-refractivity contribution < 1.29 is 10.2 Å². The van der Waals surface area contributed by atoms with Gasteiger partial charge < -0.3 is 10.2 Å². The maximum absolute atomic E-state index is 9.89. The molecule has 0 aliphatic carbocycles. The van der Waals surface area contributed by atoms with Gasteiger partial charge in [-0.2, -0.15) is 0 Å². The van der Waals surface area contributed by atoms with Crippen LogP contribution >= 0.6 is 11.6 Å². The summed E-state index contributed by atoms with van der Waals surface area (Å²) in [5.41, 5.74) is 3.77. The molecule has 2 rings (SSSR count). The molecule has 3 heteroatoms. The Kier molecular flexibility index (Phi) is 5.04. The third-order valence-electron chi connectivity index (χ3n) is 4.18. The van der Waals surface area contributed by atoms with Crippen LogP contribution in [0.25, 0.3) is 0 Å². The molecule has 0 saturated heterocycles. The van der Waals surface area contributed by atoms with E-state index in [0.717, 1.165) is 11.1 Å². The lowest BCUT2D eigenvalue weighted by Gasteiger charge is -2.31. The van der Waals surface area contributed by atoms with Gasteiger partial charge in [-0.15, -0.1) is 0 Å². The number of benzene rings is 2. The Morgan fingerprint density at radius 2 is 1.52 bits per heavy atom. The van der Waals surface area contributed by atoms with Crippen molar-refractivity contribution in [3.05, 3.63) is 69.7 Å². The van der Waals surface area contributed by atoms with E-state index in [1.807, 2.05) is 12.1 Å². The lowest BCUT2D eigenvalue weighted by atomic mass is 9.76. The second-order valence-corrected chi connectivity index (χ2v) is 6.14. The first-order valence-electron chi connectivity index (χ1n) is 7.05. The first kappa shape index (κ1) is 16.0. The van der Waals surface area contributed by atoms with Crippen molar-refractivity contribution in [2.24, 2.45) is 0 Å². The van der Waals surface area contributed by atoms with Crippen LogP contribution < -0.4 is 0 Å². The highest BCUT2D eigenvalue weighted by molar-refractivity contribution is 6.30. The number of halogens is 1. The van der Waals surface area contributed by atoms with E-state index in [1.54, 1.807) is 12.1 Å². The van der Waals surface area contributed by atoms with E-state index in [2.05, 4.69) is 32.0 Å². The molecule has 0 saturated carbocycles. The Labute approximate surface area is 131 Å². The Balaban J connectivity index is 2.37. The smallest absolute Gasteiger partial charge is 0.0553 e. The molecular formula is C18H21ClO2. The monoisotopic (exact) mass is 304 g/mol. The number of hydrogen-bond acceptors (Lipinski definition) is 2. The molecule has 0 aromatic heterocycles. The molecular weight excluding hydrogens is 284 g/mol. The maximum atomic E-state index is 9.89. The van der Waals surface area contributed by atoms with Crippen molar-refractivity contribution in [3.63, 3.8) is 0 Å². The zero-order chi connectivity index (χ0) is 15.5. The summed E-state index contributed by atoms with van der Waals surface area (Å²) < 4.78 is 0. The van der Waals surface area contributed by atoms with E-state index in [9.17, 15) is 10.2 Å².